The fourth-order valence-electron chi connectivity index (χ4n) is 3.35. The SMILES string of the molecule is CN=C(NCc1ccc(N(C)C)c(F)c1)NCc1ccccc1-n1nc(C)cc1C.I. The normalized spacial score (nSPS) is 11.1. The van der Waals surface area contributed by atoms with E-state index < -0.39 is 0 Å². The lowest BCUT2D eigenvalue weighted by atomic mass is 10.1. The molecule has 0 unspecified atom stereocenters. The molecule has 3 aromatic rings. The molecule has 0 bridgehead atoms. The van der Waals surface area contributed by atoms with Crippen molar-refractivity contribution in [1.29, 1.82) is 0 Å². The first-order valence-corrected chi connectivity index (χ1v) is 9.91. The van der Waals surface area contributed by atoms with Crippen LogP contribution in [0, 0.1) is 19.7 Å². The van der Waals surface area contributed by atoms with Gasteiger partial charge in [0.15, 0.2) is 5.96 Å². The third kappa shape index (κ3) is 6.19. The van der Waals surface area contributed by atoms with Crippen LogP contribution in [0.4, 0.5) is 10.1 Å². The molecule has 8 heteroatoms. The predicted octanol–water partition coefficient (Wildman–Crippen LogP) is 4.18. The van der Waals surface area contributed by atoms with E-state index >= 15 is 0 Å². The van der Waals surface area contributed by atoms with Crippen LogP contribution in [0.1, 0.15) is 22.5 Å². The Morgan fingerprint density at radius 3 is 2.39 bits per heavy atom. The molecule has 3 rings (SSSR count). The van der Waals surface area contributed by atoms with E-state index in [0.29, 0.717) is 24.7 Å². The quantitative estimate of drug-likeness (QED) is 0.282. The van der Waals surface area contributed by atoms with Gasteiger partial charge < -0.3 is 15.5 Å². The van der Waals surface area contributed by atoms with Crippen LogP contribution in [0.15, 0.2) is 53.5 Å². The van der Waals surface area contributed by atoms with E-state index in [1.165, 1.54) is 0 Å². The standard InChI is InChI=1S/C23H29FN6.HI/c1-16-12-17(2)30(28-16)21-9-7-6-8-19(21)15-27-23(25-3)26-14-18-10-11-22(29(4)5)20(24)13-18;/h6-13H,14-15H2,1-5H3,(H2,25,26,27);1H. The van der Waals surface area contributed by atoms with Gasteiger partial charge in [-0.2, -0.15) is 5.10 Å². The largest absolute Gasteiger partial charge is 0.375 e. The molecule has 2 aromatic carbocycles. The molecule has 0 saturated heterocycles. The molecule has 0 fully saturated rings. The summed E-state index contributed by atoms with van der Waals surface area (Å²) in [5, 5.41) is 11.2. The van der Waals surface area contributed by atoms with E-state index in [1.807, 2.05) is 50.8 Å². The minimum Gasteiger partial charge on any atom is -0.375 e. The minimum atomic E-state index is -0.235. The molecule has 0 radical (unpaired) electrons. The number of hydrogen-bond acceptors (Lipinski definition) is 3. The van der Waals surface area contributed by atoms with E-state index in [9.17, 15) is 4.39 Å². The smallest absolute Gasteiger partial charge is 0.191 e. The second kappa shape index (κ2) is 11.1. The van der Waals surface area contributed by atoms with Crippen LogP contribution in [0.5, 0.6) is 0 Å². The van der Waals surface area contributed by atoms with Crippen molar-refractivity contribution in [3.05, 3.63) is 76.9 Å². The number of halogens is 2. The Hall–Kier alpha value is -2.62. The average molecular weight is 536 g/mol. The first-order valence-electron chi connectivity index (χ1n) is 9.91. The van der Waals surface area contributed by atoms with Crippen LogP contribution in [-0.2, 0) is 13.1 Å². The fraction of sp³-hybridized carbons (Fsp3) is 0.304. The summed E-state index contributed by atoms with van der Waals surface area (Å²) in [6.07, 6.45) is 0. The van der Waals surface area contributed by atoms with Crippen molar-refractivity contribution in [1.82, 2.24) is 20.4 Å². The maximum Gasteiger partial charge on any atom is 0.191 e. The highest BCUT2D eigenvalue weighted by molar-refractivity contribution is 14.0. The highest BCUT2D eigenvalue weighted by Crippen LogP contribution is 2.18. The van der Waals surface area contributed by atoms with Crippen molar-refractivity contribution in [2.75, 3.05) is 26.0 Å². The van der Waals surface area contributed by atoms with Crippen molar-refractivity contribution >= 4 is 35.6 Å². The Morgan fingerprint density at radius 2 is 1.77 bits per heavy atom. The number of rotatable bonds is 6. The van der Waals surface area contributed by atoms with Gasteiger partial charge in [-0.15, -0.1) is 24.0 Å². The number of aryl methyl sites for hydroxylation is 2. The number of hydrogen-bond donors (Lipinski definition) is 2. The van der Waals surface area contributed by atoms with Gasteiger partial charge >= 0.3 is 0 Å². The third-order valence-corrected chi connectivity index (χ3v) is 4.85. The fourth-order valence-corrected chi connectivity index (χ4v) is 3.35. The predicted molar refractivity (Wildman–Crippen MR) is 136 cm³/mol. The molecule has 0 aliphatic rings. The van der Waals surface area contributed by atoms with Crippen LogP contribution in [-0.4, -0.2) is 36.9 Å². The topological polar surface area (TPSA) is 57.5 Å². The van der Waals surface area contributed by atoms with Crippen molar-refractivity contribution < 1.29 is 4.39 Å². The lowest BCUT2D eigenvalue weighted by Gasteiger charge is -2.16. The van der Waals surface area contributed by atoms with Crippen molar-refractivity contribution in [2.24, 2.45) is 4.99 Å². The van der Waals surface area contributed by atoms with E-state index in [1.54, 1.807) is 24.1 Å². The first kappa shape index (κ1) is 24.6. The number of guanidine groups is 1. The number of nitrogens with zero attached hydrogens (tertiary/aromatic N) is 4. The lowest BCUT2D eigenvalue weighted by molar-refractivity contribution is 0.623. The monoisotopic (exact) mass is 536 g/mol. The molecule has 0 saturated carbocycles. The van der Waals surface area contributed by atoms with E-state index in [0.717, 1.165) is 28.2 Å². The van der Waals surface area contributed by atoms with E-state index in [4.69, 9.17) is 0 Å². The summed E-state index contributed by atoms with van der Waals surface area (Å²) in [6.45, 7) is 5.10. The van der Waals surface area contributed by atoms with Crippen LogP contribution < -0.4 is 15.5 Å². The van der Waals surface area contributed by atoms with E-state index in [2.05, 4.69) is 38.9 Å². The van der Waals surface area contributed by atoms with Crippen LogP contribution in [0.25, 0.3) is 5.69 Å². The summed E-state index contributed by atoms with van der Waals surface area (Å²) in [5.41, 5.74) is 5.64. The summed E-state index contributed by atoms with van der Waals surface area (Å²) >= 11 is 0. The Morgan fingerprint density at radius 1 is 1.06 bits per heavy atom. The Labute approximate surface area is 200 Å². The van der Waals surface area contributed by atoms with E-state index in [-0.39, 0.29) is 29.8 Å². The molecule has 31 heavy (non-hydrogen) atoms. The molecule has 0 amide bonds. The highest BCUT2D eigenvalue weighted by Gasteiger charge is 2.10. The molecule has 0 spiro atoms. The van der Waals surface area contributed by atoms with Crippen LogP contribution >= 0.6 is 24.0 Å². The summed E-state index contributed by atoms with van der Waals surface area (Å²) in [6, 6.07) is 15.5. The Bertz CT molecular complexity index is 1040. The van der Waals surface area contributed by atoms with Gasteiger partial charge in [0.25, 0.3) is 0 Å². The first-order chi connectivity index (χ1) is 14.4. The van der Waals surface area contributed by atoms with Gasteiger partial charge in [0.1, 0.15) is 5.82 Å². The zero-order chi connectivity index (χ0) is 21.7. The maximum atomic E-state index is 14.2. The molecule has 2 N–H and O–H groups in total. The molecular formula is C23H30FIN6. The van der Waals surface area contributed by atoms with Crippen LogP contribution in [0.3, 0.4) is 0 Å². The number of para-hydroxylation sites is 1. The number of anilines is 1. The van der Waals surface area contributed by atoms with Gasteiger partial charge in [0.05, 0.1) is 17.1 Å². The summed E-state index contributed by atoms with van der Waals surface area (Å²) < 4.78 is 16.1. The van der Waals surface area contributed by atoms with Gasteiger partial charge in [-0.3, -0.25) is 4.99 Å². The number of aliphatic imine (C=N–C) groups is 1. The average Bonchev–Trinajstić information content (AvgIpc) is 3.06. The zero-order valence-corrected chi connectivity index (χ0v) is 20.9. The second-order valence-corrected chi connectivity index (χ2v) is 7.43. The van der Waals surface area contributed by atoms with Crippen molar-refractivity contribution in [3.8, 4) is 5.69 Å². The molecule has 0 atom stereocenters. The summed E-state index contributed by atoms with van der Waals surface area (Å²) in [4.78, 5) is 6.04. The zero-order valence-electron chi connectivity index (χ0n) is 18.6. The van der Waals surface area contributed by atoms with Crippen molar-refractivity contribution in [3.63, 3.8) is 0 Å². The maximum absolute atomic E-state index is 14.2. The lowest BCUT2D eigenvalue weighted by Crippen LogP contribution is -2.36. The molecule has 0 aliphatic carbocycles. The van der Waals surface area contributed by atoms with Gasteiger partial charge in [-0.1, -0.05) is 24.3 Å². The Kier molecular flexibility index (Phi) is 8.85. The second-order valence-electron chi connectivity index (χ2n) is 7.43. The molecule has 0 aliphatic heterocycles. The van der Waals surface area contributed by atoms with Gasteiger partial charge in [-0.25, -0.2) is 9.07 Å². The number of aromatic nitrogens is 2. The minimum absolute atomic E-state index is 0. The van der Waals surface area contributed by atoms with Crippen LogP contribution in [0.2, 0.25) is 0 Å². The highest BCUT2D eigenvalue weighted by atomic mass is 127. The number of nitrogens with one attached hydrogen (secondary N) is 2. The molecule has 1 heterocycles. The summed E-state index contributed by atoms with van der Waals surface area (Å²) in [5.74, 6) is 0.413. The van der Waals surface area contributed by atoms with Gasteiger partial charge in [0, 0.05) is 39.9 Å². The Balaban J connectivity index is 0.00000341. The number of benzene rings is 2. The molecule has 6 nitrogen and oxygen atoms in total. The molecule has 1 aromatic heterocycles. The van der Waals surface area contributed by atoms with Crippen molar-refractivity contribution in [2.45, 2.75) is 26.9 Å². The summed E-state index contributed by atoms with van der Waals surface area (Å²) in [7, 11) is 5.37. The van der Waals surface area contributed by atoms with Gasteiger partial charge in [-0.05, 0) is 49.2 Å². The molecular weight excluding hydrogens is 506 g/mol. The van der Waals surface area contributed by atoms with Gasteiger partial charge in [0.2, 0.25) is 0 Å². The molecule has 166 valence electrons. The third-order valence-electron chi connectivity index (χ3n) is 4.85.